The highest BCUT2D eigenvalue weighted by atomic mass is 19.1. The SMILES string of the molecule is CCc1ncnc(NCc2ccc(OC)c(OC)c2)c1F. The second-order valence-electron chi connectivity index (χ2n) is 4.38. The van der Waals surface area contributed by atoms with Crippen LogP contribution in [-0.2, 0) is 13.0 Å². The van der Waals surface area contributed by atoms with Crippen LogP contribution in [0.15, 0.2) is 24.5 Å². The van der Waals surface area contributed by atoms with Gasteiger partial charge in [0.25, 0.3) is 0 Å². The highest BCUT2D eigenvalue weighted by Gasteiger charge is 2.10. The van der Waals surface area contributed by atoms with Crippen LogP contribution in [0.25, 0.3) is 0 Å². The number of hydrogen-bond acceptors (Lipinski definition) is 5. The molecule has 0 fully saturated rings. The van der Waals surface area contributed by atoms with Crippen molar-refractivity contribution in [3.05, 3.63) is 41.6 Å². The van der Waals surface area contributed by atoms with Crippen LogP contribution in [0.1, 0.15) is 18.2 Å². The normalized spacial score (nSPS) is 10.3. The maximum Gasteiger partial charge on any atom is 0.186 e. The molecule has 1 aromatic heterocycles. The Morgan fingerprint density at radius 1 is 1.14 bits per heavy atom. The topological polar surface area (TPSA) is 56.3 Å². The number of aromatic nitrogens is 2. The summed E-state index contributed by atoms with van der Waals surface area (Å²) in [5.41, 5.74) is 1.34. The molecule has 2 aromatic rings. The van der Waals surface area contributed by atoms with Crippen molar-refractivity contribution in [2.45, 2.75) is 19.9 Å². The Kier molecular flexibility index (Phi) is 4.92. The zero-order valence-electron chi connectivity index (χ0n) is 12.3. The lowest BCUT2D eigenvalue weighted by molar-refractivity contribution is 0.354. The molecule has 6 heteroatoms. The quantitative estimate of drug-likeness (QED) is 0.887. The summed E-state index contributed by atoms with van der Waals surface area (Å²) in [6.45, 7) is 2.28. The van der Waals surface area contributed by atoms with E-state index in [1.54, 1.807) is 14.2 Å². The van der Waals surface area contributed by atoms with Crippen molar-refractivity contribution in [2.24, 2.45) is 0 Å². The summed E-state index contributed by atoms with van der Waals surface area (Å²) in [6, 6.07) is 5.53. The molecule has 1 heterocycles. The molecule has 0 saturated heterocycles. The zero-order valence-corrected chi connectivity index (χ0v) is 12.3. The van der Waals surface area contributed by atoms with Gasteiger partial charge in [-0.1, -0.05) is 13.0 Å². The van der Waals surface area contributed by atoms with E-state index in [-0.39, 0.29) is 5.82 Å². The lowest BCUT2D eigenvalue weighted by Gasteiger charge is -2.11. The number of aryl methyl sites for hydroxylation is 1. The van der Waals surface area contributed by atoms with E-state index in [1.165, 1.54) is 6.33 Å². The predicted molar refractivity (Wildman–Crippen MR) is 78.2 cm³/mol. The van der Waals surface area contributed by atoms with Crippen molar-refractivity contribution in [1.29, 1.82) is 0 Å². The Labute approximate surface area is 123 Å². The predicted octanol–water partition coefficient (Wildman–Crippen LogP) is 2.81. The molecule has 1 aromatic carbocycles. The molecular formula is C15H18FN3O2. The molecular weight excluding hydrogens is 273 g/mol. The van der Waals surface area contributed by atoms with Crippen LogP contribution >= 0.6 is 0 Å². The highest BCUT2D eigenvalue weighted by molar-refractivity contribution is 5.45. The zero-order chi connectivity index (χ0) is 15.2. The van der Waals surface area contributed by atoms with Gasteiger partial charge >= 0.3 is 0 Å². The number of ether oxygens (including phenoxy) is 2. The minimum Gasteiger partial charge on any atom is -0.493 e. The van der Waals surface area contributed by atoms with Gasteiger partial charge in [0.15, 0.2) is 23.1 Å². The van der Waals surface area contributed by atoms with Crippen LogP contribution in [0, 0.1) is 5.82 Å². The molecule has 2 rings (SSSR count). The van der Waals surface area contributed by atoms with Crippen molar-refractivity contribution < 1.29 is 13.9 Å². The van der Waals surface area contributed by atoms with Gasteiger partial charge in [0.05, 0.1) is 19.9 Å². The molecule has 21 heavy (non-hydrogen) atoms. The average molecular weight is 291 g/mol. The van der Waals surface area contributed by atoms with Gasteiger partial charge in [0.2, 0.25) is 0 Å². The maximum absolute atomic E-state index is 14.0. The van der Waals surface area contributed by atoms with Gasteiger partial charge in [-0.2, -0.15) is 0 Å². The van der Waals surface area contributed by atoms with E-state index in [0.717, 1.165) is 5.56 Å². The van der Waals surface area contributed by atoms with Crippen molar-refractivity contribution in [3.63, 3.8) is 0 Å². The molecule has 112 valence electrons. The standard InChI is InChI=1S/C15H18FN3O2/c1-4-11-14(16)15(19-9-18-11)17-8-10-5-6-12(20-2)13(7-10)21-3/h5-7,9H,4,8H2,1-3H3,(H,17,18,19). The minimum atomic E-state index is -0.402. The first-order valence-corrected chi connectivity index (χ1v) is 6.63. The van der Waals surface area contributed by atoms with E-state index in [1.807, 2.05) is 25.1 Å². The molecule has 0 radical (unpaired) electrons. The van der Waals surface area contributed by atoms with Gasteiger partial charge in [0.1, 0.15) is 6.33 Å². The number of hydrogen-bond donors (Lipinski definition) is 1. The monoisotopic (exact) mass is 291 g/mol. The molecule has 0 atom stereocenters. The third kappa shape index (κ3) is 3.39. The third-order valence-electron chi connectivity index (χ3n) is 3.10. The van der Waals surface area contributed by atoms with Crippen LogP contribution < -0.4 is 14.8 Å². The third-order valence-corrected chi connectivity index (χ3v) is 3.10. The second kappa shape index (κ2) is 6.88. The lowest BCUT2D eigenvalue weighted by atomic mass is 10.2. The van der Waals surface area contributed by atoms with Crippen molar-refractivity contribution in [3.8, 4) is 11.5 Å². The van der Waals surface area contributed by atoms with Crippen LogP contribution in [0.5, 0.6) is 11.5 Å². The van der Waals surface area contributed by atoms with E-state index in [0.29, 0.717) is 30.2 Å². The van der Waals surface area contributed by atoms with Gasteiger partial charge in [-0.25, -0.2) is 14.4 Å². The van der Waals surface area contributed by atoms with Crippen LogP contribution in [-0.4, -0.2) is 24.2 Å². The molecule has 0 aliphatic carbocycles. The van der Waals surface area contributed by atoms with Crippen LogP contribution in [0.2, 0.25) is 0 Å². The molecule has 0 bridgehead atoms. The lowest BCUT2D eigenvalue weighted by Crippen LogP contribution is -2.07. The number of nitrogens with zero attached hydrogens (tertiary/aromatic N) is 2. The Balaban J connectivity index is 2.13. The Hall–Kier alpha value is -2.37. The van der Waals surface area contributed by atoms with Gasteiger partial charge in [-0.3, -0.25) is 0 Å². The number of methoxy groups -OCH3 is 2. The Bertz CT molecular complexity index is 620. The summed E-state index contributed by atoms with van der Waals surface area (Å²) in [5, 5.41) is 2.97. The van der Waals surface area contributed by atoms with Crippen LogP contribution in [0.3, 0.4) is 0 Å². The summed E-state index contributed by atoms with van der Waals surface area (Å²) in [5.74, 6) is 1.09. The first-order valence-electron chi connectivity index (χ1n) is 6.63. The van der Waals surface area contributed by atoms with Crippen LogP contribution in [0.4, 0.5) is 10.2 Å². The molecule has 0 aliphatic rings. The number of rotatable bonds is 6. The minimum absolute atomic E-state index is 0.205. The van der Waals surface area contributed by atoms with Gasteiger partial charge < -0.3 is 14.8 Å². The number of benzene rings is 1. The average Bonchev–Trinajstić information content (AvgIpc) is 2.53. The maximum atomic E-state index is 14.0. The fourth-order valence-electron chi connectivity index (χ4n) is 1.95. The molecule has 1 N–H and O–H groups in total. The molecule has 0 unspecified atom stereocenters. The van der Waals surface area contributed by atoms with Gasteiger partial charge in [0, 0.05) is 6.54 Å². The van der Waals surface area contributed by atoms with Gasteiger partial charge in [-0.05, 0) is 24.1 Å². The molecule has 0 aliphatic heterocycles. The number of anilines is 1. The molecule has 0 spiro atoms. The van der Waals surface area contributed by atoms with E-state index in [4.69, 9.17) is 9.47 Å². The number of nitrogens with one attached hydrogen (secondary N) is 1. The first kappa shape index (κ1) is 15.0. The van der Waals surface area contributed by atoms with Gasteiger partial charge in [-0.15, -0.1) is 0 Å². The number of halogens is 1. The summed E-state index contributed by atoms with van der Waals surface area (Å²) in [7, 11) is 3.16. The molecule has 5 nitrogen and oxygen atoms in total. The largest absolute Gasteiger partial charge is 0.493 e. The van der Waals surface area contributed by atoms with E-state index < -0.39 is 5.82 Å². The first-order chi connectivity index (χ1) is 10.2. The summed E-state index contributed by atoms with van der Waals surface area (Å²) >= 11 is 0. The van der Waals surface area contributed by atoms with E-state index >= 15 is 0 Å². The Morgan fingerprint density at radius 3 is 2.57 bits per heavy atom. The summed E-state index contributed by atoms with van der Waals surface area (Å²) < 4.78 is 24.4. The summed E-state index contributed by atoms with van der Waals surface area (Å²) in [4.78, 5) is 7.82. The highest BCUT2D eigenvalue weighted by Crippen LogP contribution is 2.27. The smallest absolute Gasteiger partial charge is 0.186 e. The second-order valence-corrected chi connectivity index (χ2v) is 4.38. The molecule has 0 amide bonds. The van der Waals surface area contributed by atoms with Crippen molar-refractivity contribution in [1.82, 2.24) is 9.97 Å². The van der Waals surface area contributed by atoms with E-state index in [9.17, 15) is 4.39 Å². The molecule has 0 saturated carbocycles. The fraction of sp³-hybridized carbons (Fsp3) is 0.333. The Morgan fingerprint density at radius 2 is 1.90 bits per heavy atom. The summed E-state index contributed by atoms with van der Waals surface area (Å²) in [6.07, 6.45) is 1.89. The fourth-order valence-corrected chi connectivity index (χ4v) is 1.95. The van der Waals surface area contributed by atoms with E-state index in [2.05, 4.69) is 15.3 Å². The van der Waals surface area contributed by atoms with Crippen molar-refractivity contribution in [2.75, 3.05) is 19.5 Å². The van der Waals surface area contributed by atoms with Crippen molar-refractivity contribution >= 4 is 5.82 Å².